The molecular weight excluding hydrogens is 380 g/mol. The van der Waals surface area contributed by atoms with Gasteiger partial charge in [0.15, 0.2) is 0 Å². The summed E-state index contributed by atoms with van der Waals surface area (Å²) < 4.78 is 0. The fourth-order valence-electron chi connectivity index (χ4n) is 4.59. The van der Waals surface area contributed by atoms with Crippen LogP contribution in [0.3, 0.4) is 0 Å². The Labute approximate surface area is 178 Å². The van der Waals surface area contributed by atoms with Gasteiger partial charge in [0.2, 0.25) is 5.91 Å². The second kappa shape index (κ2) is 8.38. The number of likely N-dealkylation sites (tertiary alicyclic amines) is 1. The van der Waals surface area contributed by atoms with Crippen molar-refractivity contribution >= 4 is 17.8 Å². The summed E-state index contributed by atoms with van der Waals surface area (Å²) in [6, 6.07) is 8.44. The van der Waals surface area contributed by atoms with Crippen molar-refractivity contribution in [3.63, 3.8) is 0 Å². The van der Waals surface area contributed by atoms with E-state index in [0.29, 0.717) is 12.6 Å². The minimum absolute atomic E-state index is 0.188. The summed E-state index contributed by atoms with van der Waals surface area (Å²) in [5, 5.41) is 5.59. The molecule has 30 heavy (non-hydrogen) atoms. The van der Waals surface area contributed by atoms with Gasteiger partial charge < -0.3 is 10.6 Å². The Balaban J connectivity index is 1.26. The maximum atomic E-state index is 12.6. The number of urea groups is 1. The quantitative estimate of drug-likeness (QED) is 0.674. The summed E-state index contributed by atoms with van der Waals surface area (Å²) in [7, 11) is 0. The molecule has 1 aromatic carbocycles. The molecule has 3 fully saturated rings. The van der Waals surface area contributed by atoms with Crippen molar-refractivity contribution in [1.29, 1.82) is 0 Å². The zero-order chi connectivity index (χ0) is 21.3. The van der Waals surface area contributed by atoms with E-state index in [-0.39, 0.29) is 24.3 Å². The van der Waals surface area contributed by atoms with Gasteiger partial charge in [0, 0.05) is 19.1 Å². The zero-order valence-corrected chi connectivity index (χ0v) is 17.9. The fraction of sp³-hybridized carbons (Fsp3) is 0.609. The van der Waals surface area contributed by atoms with Gasteiger partial charge in [0.25, 0.3) is 5.91 Å². The van der Waals surface area contributed by atoms with E-state index >= 15 is 0 Å². The van der Waals surface area contributed by atoms with Crippen molar-refractivity contribution in [2.45, 2.75) is 70.6 Å². The lowest BCUT2D eigenvalue weighted by molar-refractivity contribution is -0.135. The van der Waals surface area contributed by atoms with Gasteiger partial charge in [-0.05, 0) is 63.1 Å². The first-order valence-corrected chi connectivity index (χ1v) is 11.1. The standard InChI is InChI=1S/C23H32N4O3/c1-16-5-3-4-12-26(16)14-18-8-6-17(7-9-18)13-24-20(28)15-27-21(29)23(2,19-10-11-19)25-22(27)30/h6-9,16,19H,3-5,10-15H2,1-2H3,(H,24,28)(H,25,30). The van der Waals surface area contributed by atoms with Crippen LogP contribution in [0, 0.1) is 5.92 Å². The molecule has 3 aliphatic rings. The molecule has 1 aromatic rings. The summed E-state index contributed by atoms with van der Waals surface area (Å²) in [5.41, 5.74) is 1.43. The number of carbonyl (C=O) groups is 3. The van der Waals surface area contributed by atoms with Crippen LogP contribution in [0.4, 0.5) is 4.79 Å². The molecule has 4 amide bonds. The van der Waals surface area contributed by atoms with Crippen LogP contribution in [-0.4, -0.2) is 52.3 Å². The molecule has 4 rings (SSSR count). The summed E-state index contributed by atoms with van der Waals surface area (Å²) in [6.45, 7) is 6.30. The number of benzene rings is 1. The third-order valence-corrected chi connectivity index (χ3v) is 6.84. The average Bonchev–Trinajstić information content (AvgIpc) is 3.55. The molecule has 2 heterocycles. The summed E-state index contributed by atoms with van der Waals surface area (Å²) in [4.78, 5) is 40.7. The number of hydrogen-bond acceptors (Lipinski definition) is 4. The number of amides is 4. The Kier molecular flexibility index (Phi) is 5.82. The number of carbonyl (C=O) groups excluding carboxylic acids is 3. The van der Waals surface area contributed by atoms with Crippen molar-refractivity contribution in [2.75, 3.05) is 13.1 Å². The third-order valence-electron chi connectivity index (χ3n) is 6.84. The number of nitrogens with one attached hydrogen (secondary N) is 2. The minimum atomic E-state index is -0.848. The molecule has 2 atom stereocenters. The molecule has 1 saturated carbocycles. The lowest BCUT2D eigenvalue weighted by Crippen LogP contribution is -2.46. The van der Waals surface area contributed by atoms with Crippen LogP contribution < -0.4 is 10.6 Å². The molecule has 2 unspecified atom stereocenters. The predicted molar refractivity (Wildman–Crippen MR) is 113 cm³/mol. The van der Waals surface area contributed by atoms with Crippen LogP contribution >= 0.6 is 0 Å². The van der Waals surface area contributed by atoms with Crippen LogP contribution in [0.2, 0.25) is 0 Å². The Bertz CT molecular complexity index is 820. The van der Waals surface area contributed by atoms with E-state index in [4.69, 9.17) is 0 Å². The van der Waals surface area contributed by atoms with Gasteiger partial charge in [-0.1, -0.05) is 30.7 Å². The summed E-state index contributed by atoms with van der Waals surface area (Å²) in [6.07, 6.45) is 5.73. The largest absolute Gasteiger partial charge is 0.350 e. The van der Waals surface area contributed by atoms with Crippen LogP contribution in [0.5, 0.6) is 0 Å². The van der Waals surface area contributed by atoms with E-state index in [2.05, 4.69) is 34.6 Å². The fourth-order valence-corrected chi connectivity index (χ4v) is 4.59. The number of nitrogens with zero attached hydrogens (tertiary/aromatic N) is 2. The number of imide groups is 1. The Morgan fingerprint density at radius 1 is 1.13 bits per heavy atom. The van der Waals surface area contributed by atoms with Gasteiger partial charge in [0.05, 0.1) is 0 Å². The highest BCUT2D eigenvalue weighted by atomic mass is 16.2. The highest BCUT2D eigenvalue weighted by Gasteiger charge is 2.56. The van der Waals surface area contributed by atoms with Gasteiger partial charge in [-0.3, -0.25) is 19.4 Å². The van der Waals surface area contributed by atoms with E-state index in [1.807, 2.05) is 12.1 Å². The Morgan fingerprint density at radius 3 is 2.50 bits per heavy atom. The van der Waals surface area contributed by atoms with Crippen molar-refractivity contribution in [3.8, 4) is 0 Å². The molecule has 0 aromatic heterocycles. The third kappa shape index (κ3) is 4.36. The van der Waals surface area contributed by atoms with E-state index < -0.39 is 11.6 Å². The number of rotatable bonds is 7. The van der Waals surface area contributed by atoms with E-state index in [1.165, 1.54) is 24.8 Å². The molecule has 1 aliphatic carbocycles. The number of piperidine rings is 1. The van der Waals surface area contributed by atoms with E-state index in [1.54, 1.807) is 6.92 Å². The topological polar surface area (TPSA) is 81.8 Å². The lowest BCUT2D eigenvalue weighted by atomic mass is 9.96. The van der Waals surface area contributed by atoms with Crippen molar-refractivity contribution < 1.29 is 14.4 Å². The van der Waals surface area contributed by atoms with E-state index in [0.717, 1.165) is 36.4 Å². The van der Waals surface area contributed by atoms with Gasteiger partial charge in [-0.15, -0.1) is 0 Å². The first-order valence-electron chi connectivity index (χ1n) is 11.1. The normalized spacial score (nSPS) is 27.3. The molecular formula is C23H32N4O3. The maximum absolute atomic E-state index is 12.6. The highest BCUT2D eigenvalue weighted by molar-refractivity contribution is 6.09. The molecule has 0 spiro atoms. The molecule has 0 radical (unpaired) electrons. The smallest absolute Gasteiger partial charge is 0.325 e. The van der Waals surface area contributed by atoms with Crippen molar-refractivity contribution in [1.82, 2.24) is 20.4 Å². The molecule has 162 valence electrons. The monoisotopic (exact) mass is 412 g/mol. The number of hydrogen-bond donors (Lipinski definition) is 2. The van der Waals surface area contributed by atoms with Crippen LogP contribution in [0.15, 0.2) is 24.3 Å². The highest BCUT2D eigenvalue weighted by Crippen LogP contribution is 2.42. The van der Waals surface area contributed by atoms with Crippen molar-refractivity contribution in [2.24, 2.45) is 5.92 Å². The first kappa shape index (κ1) is 20.8. The van der Waals surface area contributed by atoms with Gasteiger partial charge in [-0.2, -0.15) is 0 Å². The maximum Gasteiger partial charge on any atom is 0.325 e. The predicted octanol–water partition coefficient (Wildman–Crippen LogP) is 2.40. The second-order valence-corrected chi connectivity index (χ2v) is 9.21. The summed E-state index contributed by atoms with van der Waals surface area (Å²) in [5.74, 6) is -0.431. The van der Waals surface area contributed by atoms with Crippen LogP contribution in [0.25, 0.3) is 0 Å². The first-order chi connectivity index (χ1) is 14.4. The SMILES string of the molecule is CC1CCCCN1Cc1ccc(CNC(=O)CN2C(=O)NC(C)(C3CC3)C2=O)cc1. The molecule has 2 saturated heterocycles. The van der Waals surface area contributed by atoms with Gasteiger partial charge >= 0.3 is 6.03 Å². The molecule has 2 aliphatic heterocycles. The van der Waals surface area contributed by atoms with Gasteiger partial charge in [-0.25, -0.2) is 4.79 Å². The summed E-state index contributed by atoms with van der Waals surface area (Å²) >= 11 is 0. The van der Waals surface area contributed by atoms with E-state index in [9.17, 15) is 14.4 Å². The molecule has 7 nitrogen and oxygen atoms in total. The molecule has 2 N–H and O–H groups in total. The molecule has 7 heteroatoms. The lowest BCUT2D eigenvalue weighted by Gasteiger charge is -2.33. The second-order valence-electron chi connectivity index (χ2n) is 9.21. The zero-order valence-electron chi connectivity index (χ0n) is 17.9. The van der Waals surface area contributed by atoms with Crippen LogP contribution in [0.1, 0.15) is 57.1 Å². The van der Waals surface area contributed by atoms with Gasteiger partial charge in [0.1, 0.15) is 12.1 Å². The van der Waals surface area contributed by atoms with Crippen LogP contribution in [-0.2, 0) is 22.7 Å². The Hall–Kier alpha value is -2.41. The minimum Gasteiger partial charge on any atom is -0.350 e. The average molecular weight is 413 g/mol. The van der Waals surface area contributed by atoms with Crippen molar-refractivity contribution in [3.05, 3.63) is 35.4 Å². The Morgan fingerprint density at radius 2 is 1.83 bits per heavy atom. The molecule has 0 bridgehead atoms.